The highest BCUT2D eigenvalue weighted by molar-refractivity contribution is 5.76. The molecule has 57 heavy (non-hydrogen) atoms. The van der Waals surface area contributed by atoms with Crippen molar-refractivity contribution < 1.29 is 39.8 Å². The van der Waals surface area contributed by atoms with Crippen LogP contribution in [0.1, 0.15) is 168 Å². The molecule has 0 saturated carbocycles. The Morgan fingerprint density at radius 2 is 1.05 bits per heavy atom. The Hall–Kier alpha value is -2.37. The number of aliphatic hydroxyl groups excluding tert-OH is 5. The molecule has 0 aromatic heterocycles. The first kappa shape index (κ1) is 52.6. The Balaban J connectivity index is 2.41. The molecule has 1 rings (SSSR count). The minimum Gasteiger partial charge on any atom is -0.394 e. The summed E-state index contributed by atoms with van der Waals surface area (Å²) >= 11 is 0. The number of aliphatic hydroxyl groups is 5. The van der Waals surface area contributed by atoms with E-state index in [1.54, 1.807) is 0 Å². The van der Waals surface area contributed by atoms with Gasteiger partial charge in [-0.15, -0.1) is 0 Å². The van der Waals surface area contributed by atoms with Crippen LogP contribution in [0.3, 0.4) is 0 Å². The van der Waals surface area contributed by atoms with Crippen LogP contribution < -0.4 is 5.32 Å². The predicted octanol–water partition coefficient (Wildman–Crippen LogP) is 9.39. The van der Waals surface area contributed by atoms with Gasteiger partial charge in [0.05, 0.1) is 25.4 Å². The third kappa shape index (κ3) is 28.7. The van der Waals surface area contributed by atoms with Crippen LogP contribution in [-0.2, 0) is 14.3 Å². The summed E-state index contributed by atoms with van der Waals surface area (Å²) in [5.74, 6) is -0.229. The third-order valence-electron chi connectivity index (χ3n) is 10.3. The first-order valence-electron chi connectivity index (χ1n) is 22.6. The second kappa shape index (κ2) is 37.9. The van der Waals surface area contributed by atoms with Crippen LogP contribution in [0.2, 0.25) is 0 Å². The molecule has 9 heteroatoms. The number of hydrogen-bond acceptors (Lipinski definition) is 8. The molecule has 1 fully saturated rings. The van der Waals surface area contributed by atoms with Gasteiger partial charge in [0.15, 0.2) is 6.29 Å². The van der Waals surface area contributed by atoms with E-state index in [9.17, 15) is 30.3 Å². The zero-order chi connectivity index (χ0) is 41.6. The zero-order valence-electron chi connectivity index (χ0n) is 35.8. The molecule has 0 aliphatic carbocycles. The van der Waals surface area contributed by atoms with Gasteiger partial charge in [-0.3, -0.25) is 4.79 Å². The maximum atomic E-state index is 12.9. The number of nitrogens with one attached hydrogen (secondary N) is 1. The number of rotatable bonds is 36. The molecule has 0 spiro atoms. The Bertz CT molecular complexity index is 1120. The molecule has 1 aliphatic heterocycles. The lowest BCUT2D eigenvalue weighted by molar-refractivity contribution is -0.302. The maximum Gasteiger partial charge on any atom is 0.220 e. The van der Waals surface area contributed by atoms with Gasteiger partial charge in [0, 0.05) is 6.42 Å². The minimum absolute atomic E-state index is 0.172. The van der Waals surface area contributed by atoms with Crippen LogP contribution in [0.25, 0.3) is 0 Å². The summed E-state index contributed by atoms with van der Waals surface area (Å²) in [6.07, 6.45) is 43.4. The van der Waals surface area contributed by atoms with Crippen molar-refractivity contribution in [1.82, 2.24) is 5.32 Å². The largest absolute Gasteiger partial charge is 0.394 e. The van der Waals surface area contributed by atoms with Gasteiger partial charge >= 0.3 is 0 Å². The van der Waals surface area contributed by atoms with Crippen molar-refractivity contribution in [3.8, 4) is 0 Å². The number of hydrogen-bond donors (Lipinski definition) is 6. The highest BCUT2D eigenvalue weighted by Gasteiger charge is 2.44. The van der Waals surface area contributed by atoms with Crippen LogP contribution in [0, 0.1) is 0 Å². The molecule has 1 amide bonds. The highest BCUT2D eigenvalue weighted by Crippen LogP contribution is 2.23. The average Bonchev–Trinajstić information content (AvgIpc) is 3.21. The van der Waals surface area contributed by atoms with Crippen molar-refractivity contribution in [1.29, 1.82) is 0 Å². The summed E-state index contributed by atoms with van der Waals surface area (Å²) in [6.45, 7) is 3.66. The lowest BCUT2D eigenvalue weighted by atomic mass is 9.99. The summed E-state index contributed by atoms with van der Waals surface area (Å²) in [7, 11) is 0. The van der Waals surface area contributed by atoms with Gasteiger partial charge in [0.2, 0.25) is 5.91 Å². The van der Waals surface area contributed by atoms with E-state index in [4.69, 9.17) is 9.47 Å². The molecule has 0 bridgehead atoms. The van der Waals surface area contributed by atoms with Crippen LogP contribution in [0.4, 0.5) is 0 Å². The number of unbranched alkanes of at least 4 members (excludes halogenated alkanes) is 14. The van der Waals surface area contributed by atoms with E-state index in [1.807, 2.05) is 12.2 Å². The van der Waals surface area contributed by atoms with E-state index in [0.29, 0.717) is 12.8 Å². The van der Waals surface area contributed by atoms with E-state index in [-0.39, 0.29) is 18.9 Å². The Morgan fingerprint density at radius 1 is 0.614 bits per heavy atom. The fourth-order valence-electron chi connectivity index (χ4n) is 6.71. The maximum absolute atomic E-state index is 12.9. The van der Waals surface area contributed by atoms with E-state index in [2.05, 4.69) is 79.9 Å². The highest BCUT2D eigenvalue weighted by atomic mass is 16.7. The third-order valence-corrected chi connectivity index (χ3v) is 10.3. The van der Waals surface area contributed by atoms with Crippen molar-refractivity contribution in [2.75, 3.05) is 13.2 Å². The number of allylic oxidation sites excluding steroid dienone is 12. The van der Waals surface area contributed by atoms with Crippen molar-refractivity contribution in [2.24, 2.45) is 0 Å². The Labute approximate surface area is 347 Å². The Kier molecular flexibility index (Phi) is 35.0. The van der Waals surface area contributed by atoms with Crippen LogP contribution in [-0.4, -0.2) is 87.5 Å². The van der Waals surface area contributed by atoms with Crippen molar-refractivity contribution in [2.45, 2.75) is 211 Å². The second-order valence-corrected chi connectivity index (χ2v) is 15.5. The minimum atomic E-state index is -1.57. The predicted molar refractivity (Wildman–Crippen MR) is 235 cm³/mol. The summed E-state index contributed by atoms with van der Waals surface area (Å²) in [6, 6.07) is -0.762. The van der Waals surface area contributed by atoms with Gasteiger partial charge in [0.1, 0.15) is 24.4 Å². The van der Waals surface area contributed by atoms with Crippen LogP contribution in [0.15, 0.2) is 72.9 Å². The summed E-state index contributed by atoms with van der Waals surface area (Å²) < 4.78 is 11.2. The zero-order valence-corrected chi connectivity index (χ0v) is 35.8. The molecule has 0 radical (unpaired) electrons. The smallest absolute Gasteiger partial charge is 0.220 e. The lowest BCUT2D eigenvalue weighted by Crippen LogP contribution is -2.60. The summed E-state index contributed by atoms with van der Waals surface area (Å²) in [5.41, 5.74) is 0. The Morgan fingerprint density at radius 3 is 1.51 bits per heavy atom. The quantitative estimate of drug-likeness (QED) is 0.0271. The van der Waals surface area contributed by atoms with Crippen LogP contribution in [0.5, 0.6) is 0 Å². The lowest BCUT2D eigenvalue weighted by Gasteiger charge is -2.40. The SMILES string of the molecule is CC/C=C\C/C=C\C/C=C\C/C=C\C/C=C\C/C=C\CCC(=O)NC(COC1OC(CO)C(O)C(O)C1O)C(O)CCCCCCCCCCCCCCCCC. The average molecular weight is 802 g/mol. The normalized spacial score (nSPS) is 21.7. The molecule has 1 saturated heterocycles. The fourth-order valence-corrected chi connectivity index (χ4v) is 6.71. The molecule has 1 aliphatic rings. The standard InChI is InChI=1S/C48H83NO8/c1-3-5-7-9-11-13-15-17-19-20-21-22-24-26-28-30-32-34-36-38-44(52)49-41(40-56-48-47(55)46(54)45(53)43(39-50)57-48)42(51)37-35-33-31-29-27-25-23-18-16-14-12-10-8-6-4-2/h5,7,11,13,17,19,21-22,26,28,32,34,41-43,45-48,50-51,53-55H,3-4,6,8-10,12,14-16,18,20,23-25,27,29-31,33,35-40H2,1-2H3,(H,49,52)/b7-5-,13-11-,19-17-,22-21-,28-26-,34-32-. The number of carbonyl (C=O) groups excluding carboxylic acids is 1. The number of ether oxygens (including phenoxy) is 2. The van der Waals surface area contributed by atoms with E-state index in [1.165, 1.54) is 77.0 Å². The molecule has 0 aromatic carbocycles. The molecule has 7 unspecified atom stereocenters. The molecule has 9 nitrogen and oxygen atoms in total. The molecule has 0 aromatic rings. The topological polar surface area (TPSA) is 149 Å². The number of amides is 1. The van der Waals surface area contributed by atoms with Crippen molar-refractivity contribution in [3.05, 3.63) is 72.9 Å². The van der Waals surface area contributed by atoms with Crippen molar-refractivity contribution in [3.63, 3.8) is 0 Å². The summed E-state index contributed by atoms with van der Waals surface area (Å²) in [4.78, 5) is 12.9. The fraction of sp³-hybridized carbons (Fsp3) is 0.729. The van der Waals surface area contributed by atoms with Gasteiger partial charge in [-0.2, -0.15) is 0 Å². The van der Waals surface area contributed by atoms with Crippen molar-refractivity contribution >= 4 is 5.91 Å². The first-order chi connectivity index (χ1) is 27.8. The van der Waals surface area contributed by atoms with Gasteiger partial charge < -0.3 is 40.3 Å². The summed E-state index contributed by atoms with van der Waals surface area (Å²) in [5, 5.41) is 54.3. The monoisotopic (exact) mass is 802 g/mol. The van der Waals surface area contributed by atoms with E-state index < -0.39 is 49.5 Å². The molecular formula is C48H83NO8. The molecular weight excluding hydrogens is 719 g/mol. The second-order valence-electron chi connectivity index (χ2n) is 15.5. The van der Waals surface area contributed by atoms with Gasteiger partial charge in [-0.05, 0) is 51.4 Å². The van der Waals surface area contributed by atoms with E-state index >= 15 is 0 Å². The molecule has 328 valence electrons. The number of carbonyl (C=O) groups is 1. The first-order valence-corrected chi connectivity index (χ1v) is 22.6. The molecule has 1 heterocycles. The van der Waals surface area contributed by atoms with Crippen LogP contribution >= 0.6 is 0 Å². The van der Waals surface area contributed by atoms with Gasteiger partial charge in [0.25, 0.3) is 0 Å². The van der Waals surface area contributed by atoms with Gasteiger partial charge in [-0.25, -0.2) is 0 Å². The van der Waals surface area contributed by atoms with Gasteiger partial charge in [-0.1, -0.05) is 183 Å². The molecule has 6 N–H and O–H groups in total. The van der Waals surface area contributed by atoms with E-state index in [0.717, 1.165) is 57.8 Å². The molecule has 7 atom stereocenters.